The number of benzene rings is 3. The molecule has 0 atom stereocenters. The Hall–Kier alpha value is -3.87. The van der Waals surface area contributed by atoms with Crippen LogP contribution in [0.3, 0.4) is 0 Å². The first-order valence-electron chi connectivity index (χ1n) is 9.95. The maximum absolute atomic E-state index is 13.0. The molecular weight excluding hydrogens is 376 g/mol. The van der Waals surface area contributed by atoms with Gasteiger partial charge in [0, 0.05) is 31.7 Å². The van der Waals surface area contributed by atoms with Gasteiger partial charge in [-0.05, 0) is 35.0 Å². The molecule has 30 heavy (non-hydrogen) atoms. The highest BCUT2D eigenvalue weighted by atomic mass is 16.2. The molecule has 0 bridgehead atoms. The summed E-state index contributed by atoms with van der Waals surface area (Å²) in [5.74, 6) is 0.611. The quantitative estimate of drug-likeness (QED) is 0.538. The summed E-state index contributed by atoms with van der Waals surface area (Å²) in [7, 11) is 0. The molecule has 7 heteroatoms. The van der Waals surface area contributed by atoms with E-state index in [0.717, 1.165) is 32.9 Å². The first kappa shape index (κ1) is 18.2. The van der Waals surface area contributed by atoms with Gasteiger partial charge in [-0.3, -0.25) is 4.79 Å². The fourth-order valence-corrected chi connectivity index (χ4v) is 4.13. The first-order chi connectivity index (χ1) is 14.6. The number of amides is 1. The van der Waals surface area contributed by atoms with Crippen molar-refractivity contribution in [1.29, 1.82) is 0 Å². The molecule has 1 amide bonds. The van der Waals surface area contributed by atoms with Crippen LogP contribution in [0.1, 0.15) is 10.4 Å². The number of anilines is 3. The monoisotopic (exact) mass is 398 g/mol. The Bertz CT molecular complexity index is 1260. The summed E-state index contributed by atoms with van der Waals surface area (Å²) in [6.07, 6.45) is 0. The highest BCUT2D eigenvalue weighted by Gasteiger charge is 2.24. The second-order valence-electron chi connectivity index (χ2n) is 7.48. The predicted molar refractivity (Wildman–Crippen MR) is 120 cm³/mol. The molecule has 5 rings (SSSR count). The van der Waals surface area contributed by atoms with Crippen molar-refractivity contribution in [2.24, 2.45) is 0 Å². The number of fused-ring (bicyclic) bond motifs is 2. The molecule has 4 N–H and O–H groups in total. The fraction of sp³-hybridized carbons (Fsp3) is 0.174. The average Bonchev–Trinajstić information content (AvgIpc) is 2.78. The number of rotatable bonds is 2. The van der Waals surface area contributed by atoms with Gasteiger partial charge in [0.2, 0.25) is 5.95 Å². The number of nitrogens with two attached hydrogens (primary N) is 2. The van der Waals surface area contributed by atoms with E-state index < -0.39 is 0 Å². The summed E-state index contributed by atoms with van der Waals surface area (Å²) in [5, 5.41) is 3.02. The Kier molecular flexibility index (Phi) is 4.35. The van der Waals surface area contributed by atoms with Gasteiger partial charge < -0.3 is 21.3 Å². The highest BCUT2D eigenvalue weighted by Crippen LogP contribution is 2.31. The van der Waals surface area contributed by atoms with Gasteiger partial charge in [-0.1, -0.05) is 36.4 Å². The van der Waals surface area contributed by atoms with Gasteiger partial charge in [0.05, 0.1) is 16.6 Å². The van der Waals surface area contributed by atoms with Crippen molar-refractivity contribution >= 4 is 45.0 Å². The largest absolute Gasteiger partial charge is 0.383 e. The summed E-state index contributed by atoms with van der Waals surface area (Å²) >= 11 is 0. The third kappa shape index (κ3) is 3.14. The van der Waals surface area contributed by atoms with Crippen LogP contribution in [0.15, 0.2) is 60.7 Å². The lowest BCUT2D eigenvalue weighted by Crippen LogP contribution is -2.48. The first-order valence-corrected chi connectivity index (χ1v) is 9.95. The van der Waals surface area contributed by atoms with Crippen molar-refractivity contribution in [2.45, 2.75) is 0 Å². The molecule has 7 nitrogen and oxygen atoms in total. The lowest BCUT2D eigenvalue weighted by Gasteiger charge is -2.36. The molecule has 3 aromatic carbocycles. The summed E-state index contributed by atoms with van der Waals surface area (Å²) in [6, 6.07) is 19.8. The van der Waals surface area contributed by atoms with E-state index in [1.807, 2.05) is 59.5 Å². The maximum Gasteiger partial charge on any atom is 0.253 e. The number of hydrogen-bond donors (Lipinski definition) is 2. The Morgan fingerprint density at radius 1 is 0.833 bits per heavy atom. The van der Waals surface area contributed by atoms with E-state index in [9.17, 15) is 4.79 Å². The summed E-state index contributed by atoms with van der Waals surface area (Å²) in [5.41, 5.74) is 14.3. The van der Waals surface area contributed by atoms with E-state index in [1.165, 1.54) is 0 Å². The molecule has 2 heterocycles. The number of aromatic nitrogens is 2. The van der Waals surface area contributed by atoms with Crippen LogP contribution in [0.4, 0.5) is 17.5 Å². The van der Waals surface area contributed by atoms with Gasteiger partial charge in [-0.25, -0.2) is 4.98 Å². The number of nitrogens with zero attached hydrogens (tertiary/aromatic N) is 4. The van der Waals surface area contributed by atoms with Gasteiger partial charge in [0.25, 0.3) is 5.91 Å². The second kappa shape index (κ2) is 7.18. The molecule has 1 fully saturated rings. The Balaban J connectivity index is 1.36. The third-order valence-electron chi connectivity index (χ3n) is 5.65. The van der Waals surface area contributed by atoms with Crippen molar-refractivity contribution in [3.05, 3.63) is 66.2 Å². The zero-order chi connectivity index (χ0) is 20.7. The van der Waals surface area contributed by atoms with Crippen LogP contribution in [0, 0.1) is 0 Å². The van der Waals surface area contributed by atoms with Gasteiger partial charge in [0.15, 0.2) is 0 Å². The van der Waals surface area contributed by atoms with E-state index in [1.54, 1.807) is 0 Å². The van der Waals surface area contributed by atoms with Crippen LogP contribution >= 0.6 is 0 Å². The lowest BCUT2D eigenvalue weighted by atomic mass is 10.1. The minimum absolute atomic E-state index is 0.0638. The summed E-state index contributed by atoms with van der Waals surface area (Å²) in [4.78, 5) is 25.6. The van der Waals surface area contributed by atoms with Gasteiger partial charge >= 0.3 is 0 Å². The Morgan fingerprint density at radius 2 is 1.60 bits per heavy atom. The van der Waals surface area contributed by atoms with E-state index in [2.05, 4.69) is 20.9 Å². The van der Waals surface area contributed by atoms with E-state index >= 15 is 0 Å². The zero-order valence-corrected chi connectivity index (χ0v) is 16.5. The van der Waals surface area contributed by atoms with Crippen LogP contribution in [0.2, 0.25) is 0 Å². The van der Waals surface area contributed by atoms with Crippen LogP contribution in [-0.2, 0) is 0 Å². The number of piperazine rings is 1. The SMILES string of the molecule is Nc1nc(N)c2c(N3CCN(C(=O)c4ccc5ccccc5c4)CC3)cccc2n1. The topological polar surface area (TPSA) is 101 Å². The van der Waals surface area contributed by atoms with Gasteiger partial charge in [-0.2, -0.15) is 4.98 Å². The van der Waals surface area contributed by atoms with Crippen molar-refractivity contribution in [1.82, 2.24) is 14.9 Å². The minimum Gasteiger partial charge on any atom is -0.383 e. The van der Waals surface area contributed by atoms with Crippen LogP contribution in [0.5, 0.6) is 0 Å². The minimum atomic E-state index is 0.0638. The van der Waals surface area contributed by atoms with Crippen LogP contribution in [-0.4, -0.2) is 47.0 Å². The Labute approximate surface area is 173 Å². The molecule has 1 aliphatic rings. The van der Waals surface area contributed by atoms with E-state index in [0.29, 0.717) is 32.0 Å². The second-order valence-corrected chi connectivity index (χ2v) is 7.48. The van der Waals surface area contributed by atoms with Crippen molar-refractivity contribution in [3.8, 4) is 0 Å². The van der Waals surface area contributed by atoms with Crippen molar-refractivity contribution < 1.29 is 4.79 Å². The zero-order valence-electron chi connectivity index (χ0n) is 16.5. The molecule has 0 aliphatic carbocycles. The fourth-order valence-electron chi connectivity index (χ4n) is 4.13. The molecule has 4 aromatic rings. The van der Waals surface area contributed by atoms with Gasteiger partial charge in [0.1, 0.15) is 5.82 Å². The van der Waals surface area contributed by atoms with Gasteiger partial charge in [-0.15, -0.1) is 0 Å². The Morgan fingerprint density at radius 3 is 2.40 bits per heavy atom. The maximum atomic E-state index is 13.0. The standard InChI is InChI=1S/C23H22N6O/c24-21-20-18(26-23(25)27-21)6-3-7-19(20)28-10-12-29(13-11-28)22(30)17-9-8-15-4-1-2-5-16(15)14-17/h1-9,14H,10-13H2,(H4,24,25,26,27). The highest BCUT2D eigenvalue weighted by molar-refractivity contribution is 6.00. The molecule has 0 unspecified atom stereocenters. The van der Waals surface area contributed by atoms with Crippen molar-refractivity contribution in [3.63, 3.8) is 0 Å². The molecule has 0 spiro atoms. The molecule has 150 valence electrons. The molecule has 1 aromatic heterocycles. The lowest BCUT2D eigenvalue weighted by molar-refractivity contribution is 0.0747. The molecule has 0 saturated carbocycles. The number of carbonyl (C=O) groups excluding carboxylic acids is 1. The van der Waals surface area contributed by atoms with E-state index in [-0.39, 0.29) is 11.9 Å². The predicted octanol–water partition coefficient (Wildman–Crippen LogP) is 2.91. The number of nitrogen functional groups attached to an aromatic ring is 2. The number of carbonyl (C=O) groups is 1. The molecule has 1 aliphatic heterocycles. The molecule has 1 saturated heterocycles. The normalized spacial score (nSPS) is 14.4. The summed E-state index contributed by atoms with van der Waals surface area (Å²) in [6.45, 7) is 2.69. The molecule has 0 radical (unpaired) electrons. The third-order valence-corrected chi connectivity index (χ3v) is 5.65. The molecular formula is C23H22N6O. The smallest absolute Gasteiger partial charge is 0.253 e. The average molecular weight is 398 g/mol. The van der Waals surface area contributed by atoms with Crippen LogP contribution in [0.25, 0.3) is 21.7 Å². The number of hydrogen-bond acceptors (Lipinski definition) is 6. The summed E-state index contributed by atoms with van der Waals surface area (Å²) < 4.78 is 0. The van der Waals surface area contributed by atoms with E-state index in [4.69, 9.17) is 11.5 Å². The van der Waals surface area contributed by atoms with Crippen molar-refractivity contribution in [2.75, 3.05) is 42.5 Å². The van der Waals surface area contributed by atoms with Crippen LogP contribution < -0.4 is 16.4 Å².